The van der Waals surface area contributed by atoms with Crippen LogP contribution >= 0.6 is 0 Å². The van der Waals surface area contributed by atoms with Gasteiger partial charge in [0.1, 0.15) is 5.82 Å². The van der Waals surface area contributed by atoms with E-state index in [0.29, 0.717) is 5.52 Å². The van der Waals surface area contributed by atoms with Crippen molar-refractivity contribution in [2.24, 2.45) is 0 Å². The molecule has 7 heteroatoms. The molecule has 0 aliphatic carbocycles. The lowest BCUT2D eigenvalue weighted by atomic mass is 10.1. The van der Waals surface area contributed by atoms with Crippen LogP contribution in [0.5, 0.6) is 0 Å². The number of hydrogen-bond donors (Lipinski definition) is 0. The SMILES string of the molecule is O=S(=O)(c1ccccc1)n1ccc2c(N3CCN(Cc4ccccc4)CC3)nc3ccccc3c21. The number of nitrogens with zero attached hydrogens (tertiary/aromatic N) is 4. The molecule has 5 aromatic rings. The first-order valence-electron chi connectivity index (χ1n) is 11.8. The monoisotopic (exact) mass is 482 g/mol. The molecule has 6 nitrogen and oxygen atoms in total. The Bertz CT molecular complexity index is 1590. The van der Waals surface area contributed by atoms with Gasteiger partial charge in [0.2, 0.25) is 0 Å². The molecule has 1 saturated heterocycles. The van der Waals surface area contributed by atoms with Crippen molar-refractivity contribution in [2.45, 2.75) is 11.4 Å². The average Bonchev–Trinajstić information content (AvgIpc) is 3.37. The van der Waals surface area contributed by atoms with Crippen molar-refractivity contribution in [3.05, 3.63) is 103 Å². The third kappa shape index (κ3) is 3.96. The molecule has 176 valence electrons. The van der Waals surface area contributed by atoms with Gasteiger partial charge in [0.15, 0.2) is 0 Å². The number of aromatic nitrogens is 2. The summed E-state index contributed by atoms with van der Waals surface area (Å²) in [5.41, 5.74) is 2.79. The van der Waals surface area contributed by atoms with E-state index in [4.69, 9.17) is 4.98 Å². The van der Waals surface area contributed by atoms with Crippen LogP contribution in [0.1, 0.15) is 5.56 Å². The lowest BCUT2D eigenvalue weighted by Gasteiger charge is -2.36. The summed E-state index contributed by atoms with van der Waals surface area (Å²) in [6.07, 6.45) is 1.66. The summed E-state index contributed by atoms with van der Waals surface area (Å²) in [7, 11) is -3.74. The van der Waals surface area contributed by atoms with Crippen molar-refractivity contribution in [1.82, 2.24) is 13.9 Å². The van der Waals surface area contributed by atoms with Crippen molar-refractivity contribution in [1.29, 1.82) is 0 Å². The van der Waals surface area contributed by atoms with Crippen molar-refractivity contribution in [3.8, 4) is 0 Å². The number of piperazine rings is 1. The minimum Gasteiger partial charge on any atom is -0.353 e. The van der Waals surface area contributed by atoms with Gasteiger partial charge in [-0.3, -0.25) is 4.90 Å². The van der Waals surface area contributed by atoms with E-state index in [-0.39, 0.29) is 4.90 Å². The Balaban J connectivity index is 1.39. The maximum Gasteiger partial charge on any atom is 0.268 e. The molecule has 2 aromatic heterocycles. The molecule has 3 aromatic carbocycles. The largest absolute Gasteiger partial charge is 0.353 e. The zero-order valence-electron chi connectivity index (χ0n) is 19.3. The first-order chi connectivity index (χ1) is 17.1. The van der Waals surface area contributed by atoms with E-state index in [2.05, 4.69) is 34.1 Å². The van der Waals surface area contributed by atoms with Crippen LogP contribution in [-0.4, -0.2) is 48.5 Å². The Morgan fingerprint density at radius 2 is 1.37 bits per heavy atom. The van der Waals surface area contributed by atoms with Crippen molar-refractivity contribution >= 4 is 37.6 Å². The summed E-state index contributed by atoms with van der Waals surface area (Å²) in [5, 5.41) is 1.69. The van der Waals surface area contributed by atoms with Crippen LogP contribution in [0.4, 0.5) is 5.82 Å². The molecule has 0 atom stereocenters. The van der Waals surface area contributed by atoms with Gasteiger partial charge < -0.3 is 4.90 Å². The van der Waals surface area contributed by atoms with Gasteiger partial charge >= 0.3 is 0 Å². The molecule has 6 rings (SSSR count). The maximum atomic E-state index is 13.6. The molecule has 1 fully saturated rings. The normalized spacial score (nSPS) is 15.1. The molecule has 0 spiro atoms. The molecule has 35 heavy (non-hydrogen) atoms. The van der Waals surface area contributed by atoms with Crippen molar-refractivity contribution in [2.75, 3.05) is 31.1 Å². The molecule has 0 N–H and O–H groups in total. The fourth-order valence-corrected chi connectivity index (χ4v) is 6.30. The fourth-order valence-electron chi connectivity index (χ4n) is 4.91. The van der Waals surface area contributed by atoms with E-state index in [0.717, 1.165) is 54.8 Å². The Morgan fingerprint density at radius 1 is 0.714 bits per heavy atom. The standard InChI is InChI=1S/C28H26N4O2S/c33-35(34,23-11-5-2-6-12-23)32-16-15-25-27(32)24-13-7-8-14-26(24)29-28(25)31-19-17-30(18-20-31)21-22-9-3-1-4-10-22/h1-16H,17-21H2. The second-order valence-electron chi connectivity index (χ2n) is 8.89. The number of pyridine rings is 1. The van der Waals surface area contributed by atoms with Gasteiger partial charge in [0, 0.05) is 49.7 Å². The van der Waals surface area contributed by atoms with Gasteiger partial charge in [-0.1, -0.05) is 66.7 Å². The van der Waals surface area contributed by atoms with Crippen LogP contribution in [0.3, 0.4) is 0 Å². The van der Waals surface area contributed by atoms with Crippen LogP contribution in [0.15, 0.2) is 102 Å². The van der Waals surface area contributed by atoms with Gasteiger partial charge in [0.05, 0.1) is 15.9 Å². The first kappa shape index (κ1) is 21.8. The number of anilines is 1. The predicted molar refractivity (Wildman–Crippen MR) is 140 cm³/mol. The summed E-state index contributed by atoms with van der Waals surface area (Å²) in [4.78, 5) is 10.0. The minimum atomic E-state index is -3.74. The molecular weight excluding hydrogens is 456 g/mol. The van der Waals surface area contributed by atoms with Gasteiger partial charge in [-0.2, -0.15) is 0 Å². The zero-order chi connectivity index (χ0) is 23.8. The Hall–Kier alpha value is -3.68. The van der Waals surface area contributed by atoms with Gasteiger partial charge in [-0.05, 0) is 29.8 Å². The Morgan fingerprint density at radius 3 is 2.11 bits per heavy atom. The number of fused-ring (bicyclic) bond motifs is 3. The van der Waals surface area contributed by atoms with E-state index < -0.39 is 10.0 Å². The number of hydrogen-bond acceptors (Lipinski definition) is 5. The molecule has 3 heterocycles. The molecule has 0 amide bonds. The van der Waals surface area contributed by atoms with Gasteiger partial charge in [0.25, 0.3) is 10.0 Å². The number of benzene rings is 3. The summed E-state index contributed by atoms with van der Waals surface area (Å²) < 4.78 is 28.6. The van der Waals surface area contributed by atoms with Gasteiger partial charge in [-0.15, -0.1) is 0 Å². The van der Waals surface area contributed by atoms with Crippen LogP contribution in [0, 0.1) is 0 Å². The number of para-hydroxylation sites is 1. The summed E-state index contributed by atoms with van der Waals surface area (Å²) in [6, 6.07) is 28.8. The van der Waals surface area contributed by atoms with Crippen LogP contribution in [-0.2, 0) is 16.6 Å². The first-order valence-corrected chi connectivity index (χ1v) is 13.3. The molecule has 0 unspecified atom stereocenters. The van der Waals surface area contributed by atoms with E-state index in [1.807, 2.05) is 42.5 Å². The highest BCUT2D eigenvalue weighted by Gasteiger charge is 2.25. The van der Waals surface area contributed by atoms with E-state index in [1.54, 1.807) is 30.5 Å². The Labute approximate surface area is 205 Å². The molecule has 0 bridgehead atoms. The second-order valence-corrected chi connectivity index (χ2v) is 10.7. The minimum absolute atomic E-state index is 0.273. The second kappa shape index (κ2) is 8.83. The van der Waals surface area contributed by atoms with Crippen LogP contribution < -0.4 is 4.90 Å². The lowest BCUT2D eigenvalue weighted by Crippen LogP contribution is -2.46. The van der Waals surface area contributed by atoms with E-state index >= 15 is 0 Å². The van der Waals surface area contributed by atoms with Crippen molar-refractivity contribution < 1.29 is 8.42 Å². The number of rotatable bonds is 5. The highest BCUT2D eigenvalue weighted by atomic mass is 32.2. The maximum absolute atomic E-state index is 13.6. The molecule has 0 radical (unpaired) electrons. The van der Waals surface area contributed by atoms with Crippen LogP contribution in [0.25, 0.3) is 21.8 Å². The van der Waals surface area contributed by atoms with E-state index in [9.17, 15) is 8.42 Å². The lowest BCUT2D eigenvalue weighted by molar-refractivity contribution is 0.249. The van der Waals surface area contributed by atoms with Crippen molar-refractivity contribution in [3.63, 3.8) is 0 Å². The smallest absolute Gasteiger partial charge is 0.268 e. The van der Waals surface area contributed by atoms with E-state index in [1.165, 1.54) is 9.54 Å². The summed E-state index contributed by atoms with van der Waals surface area (Å²) in [6.45, 7) is 4.45. The topological polar surface area (TPSA) is 58.4 Å². The Kier molecular flexibility index (Phi) is 5.51. The zero-order valence-corrected chi connectivity index (χ0v) is 20.1. The highest BCUT2D eigenvalue weighted by Crippen LogP contribution is 2.34. The molecule has 1 aliphatic heterocycles. The third-order valence-corrected chi connectivity index (χ3v) is 8.39. The summed E-state index contributed by atoms with van der Waals surface area (Å²) >= 11 is 0. The van der Waals surface area contributed by atoms with Crippen LogP contribution in [0.2, 0.25) is 0 Å². The third-order valence-electron chi connectivity index (χ3n) is 6.70. The fraction of sp³-hybridized carbons (Fsp3) is 0.179. The molecule has 0 saturated carbocycles. The quantitative estimate of drug-likeness (QED) is 0.362. The highest BCUT2D eigenvalue weighted by molar-refractivity contribution is 7.90. The van der Waals surface area contributed by atoms with Gasteiger partial charge in [-0.25, -0.2) is 17.4 Å². The predicted octanol–water partition coefficient (Wildman–Crippen LogP) is 4.75. The molecular formula is C28H26N4O2S. The average molecular weight is 483 g/mol. The summed E-state index contributed by atoms with van der Waals surface area (Å²) in [5.74, 6) is 0.847. The molecule has 1 aliphatic rings.